The zero-order valence-corrected chi connectivity index (χ0v) is 14.4. The van der Waals surface area contributed by atoms with Gasteiger partial charge in [0.15, 0.2) is 5.71 Å². The van der Waals surface area contributed by atoms with Crippen LogP contribution in [-0.2, 0) is 22.4 Å². The molecule has 4 nitrogen and oxygen atoms in total. The molecule has 128 valence electrons. The van der Waals surface area contributed by atoms with Gasteiger partial charge < -0.3 is 4.74 Å². The molecule has 0 amide bonds. The number of rotatable bonds is 5. The highest BCUT2D eigenvalue weighted by Gasteiger charge is 2.22. The first-order chi connectivity index (χ1) is 12.2. The molecule has 4 heteroatoms. The van der Waals surface area contributed by atoms with Crippen LogP contribution < -0.4 is 5.01 Å². The fourth-order valence-corrected chi connectivity index (χ4v) is 3.16. The standard InChI is InChI=1S/C21H22N2O2/c1-3-9-17-12-7-13-18-14-8-15-23(20(17)18)22-19(21(24)25-2)16-10-5-4-6-11-16/h3-7,10-13H,1,8-9,14-15H2,2H3/b22-19-. The summed E-state index contributed by atoms with van der Waals surface area (Å²) in [6.07, 6.45) is 4.68. The van der Waals surface area contributed by atoms with Gasteiger partial charge in [0, 0.05) is 12.1 Å². The molecule has 1 aliphatic rings. The quantitative estimate of drug-likeness (QED) is 0.475. The van der Waals surface area contributed by atoms with Gasteiger partial charge in [0.1, 0.15) is 0 Å². The van der Waals surface area contributed by atoms with Gasteiger partial charge in [-0.15, -0.1) is 6.58 Å². The molecule has 0 atom stereocenters. The Kier molecular flexibility index (Phi) is 5.29. The van der Waals surface area contributed by atoms with E-state index in [0.29, 0.717) is 5.71 Å². The van der Waals surface area contributed by atoms with Crippen molar-refractivity contribution < 1.29 is 9.53 Å². The smallest absolute Gasteiger partial charge is 0.359 e. The maximum absolute atomic E-state index is 12.3. The number of allylic oxidation sites excluding steroid dienone is 1. The molecule has 0 fully saturated rings. The first kappa shape index (κ1) is 17.0. The number of esters is 1. The molecule has 0 aliphatic carbocycles. The van der Waals surface area contributed by atoms with Gasteiger partial charge in [0.2, 0.25) is 0 Å². The summed E-state index contributed by atoms with van der Waals surface area (Å²) in [6.45, 7) is 4.62. The fourth-order valence-electron chi connectivity index (χ4n) is 3.16. The highest BCUT2D eigenvalue weighted by Crippen LogP contribution is 2.32. The summed E-state index contributed by atoms with van der Waals surface area (Å²) in [5.41, 5.74) is 4.60. The summed E-state index contributed by atoms with van der Waals surface area (Å²) >= 11 is 0. The number of nitrogens with zero attached hydrogens (tertiary/aromatic N) is 2. The molecule has 1 heterocycles. The number of hydrazone groups is 1. The number of hydrogen-bond acceptors (Lipinski definition) is 4. The maximum atomic E-state index is 12.3. The number of carbonyl (C=O) groups is 1. The Morgan fingerprint density at radius 1 is 1.24 bits per heavy atom. The maximum Gasteiger partial charge on any atom is 0.359 e. The third-order valence-electron chi connectivity index (χ3n) is 4.29. The molecule has 0 aromatic heterocycles. The van der Waals surface area contributed by atoms with E-state index in [4.69, 9.17) is 9.84 Å². The Morgan fingerprint density at radius 3 is 2.76 bits per heavy atom. The second-order valence-electron chi connectivity index (χ2n) is 5.95. The van der Waals surface area contributed by atoms with Gasteiger partial charge >= 0.3 is 5.97 Å². The van der Waals surface area contributed by atoms with E-state index in [9.17, 15) is 4.79 Å². The lowest BCUT2D eigenvalue weighted by molar-refractivity contribution is -0.132. The first-order valence-corrected chi connectivity index (χ1v) is 8.46. The molecule has 3 rings (SSSR count). The lowest BCUT2D eigenvalue weighted by atomic mass is 9.97. The Bertz CT molecular complexity index is 797. The summed E-state index contributed by atoms with van der Waals surface area (Å²) in [5, 5.41) is 6.64. The van der Waals surface area contributed by atoms with Crippen molar-refractivity contribution in [2.45, 2.75) is 19.3 Å². The minimum atomic E-state index is -0.431. The van der Waals surface area contributed by atoms with Crippen LogP contribution in [-0.4, -0.2) is 25.3 Å². The van der Waals surface area contributed by atoms with Crippen molar-refractivity contribution >= 4 is 17.4 Å². The molecule has 25 heavy (non-hydrogen) atoms. The normalized spacial score (nSPS) is 14.0. The molecule has 2 aromatic carbocycles. The van der Waals surface area contributed by atoms with Crippen LogP contribution in [0.3, 0.4) is 0 Å². The van der Waals surface area contributed by atoms with E-state index in [0.717, 1.165) is 37.1 Å². The van der Waals surface area contributed by atoms with Gasteiger partial charge in [0.05, 0.1) is 12.8 Å². The number of methoxy groups -OCH3 is 1. The molecule has 0 saturated carbocycles. The van der Waals surface area contributed by atoms with Crippen molar-refractivity contribution in [3.63, 3.8) is 0 Å². The lowest BCUT2D eigenvalue weighted by Gasteiger charge is -2.29. The average molecular weight is 334 g/mol. The fraction of sp³-hybridized carbons (Fsp3) is 0.238. The van der Waals surface area contributed by atoms with Gasteiger partial charge in [0.25, 0.3) is 0 Å². The Labute approximate surface area is 148 Å². The number of aryl methyl sites for hydroxylation is 1. The van der Waals surface area contributed by atoms with Crippen LogP contribution in [0.5, 0.6) is 0 Å². The summed E-state index contributed by atoms with van der Waals surface area (Å²) in [7, 11) is 1.38. The SMILES string of the molecule is C=CCc1cccc2c1N(/N=C(\C(=O)OC)c1ccccc1)CCC2. The van der Waals surface area contributed by atoms with Crippen molar-refractivity contribution in [2.24, 2.45) is 5.10 Å². The van der Waals surface area contributed by atoms with E-state index < -0.39 is 5.97 Å². The van der Waals surface area contributed by atoms with E-state index in [-0.39, 0.29) is 0 Å². The topological polar surface area (TPSA) is 41.9 Å². The Hall–Kier alpha value is -2.88. The predicted molar refractivity (Wildman–Crippen MR) is 101 cm³/mol. The van der Waals surface area contributed by atoms with E-state index >= 15 is 0 Å². The second kappa shape index (κ2) is 7.79. The van der Waals surface area contributed by atoms with Gasteiger partial charge in [-0.3, -0.25) is 5.01 Å². The highest BCUT2D eigenvalue weighted by molar-refractivity contribution is 6.43. The van der Waals surface area contributed by atoms with Crippen molar-refractivity contribution in [3.05, 3.63) is 77.9 Å². The summed E-state index contributed by atoms with van der Waals surface area (Å²) in [4.78, 5) is 12.3. The molecule has 0 saturated heterocycles. The van der Waals surface area contributed by atoms with Crippen molar-refractivity contribution in [1.82, 2.24) is 0 Å². The number of hydrogen-bond donors (Lipinski definition) is 0. The number of fused-ring (bicyclic) bond motifs is 1. The third kappa shape index (κ3) is 3.63. The minimum absolute atomic E-state index is 0.323. The van der Waals surface area contributed by atoms with E-state index in [2.05, 4.69) is 24.8 Å². The Morgan fingerprint density at radius 2 is 2.04 bits per heavy atom. The molecular formula is C21H22N2O2. The average Bonchev–Trinajstić information content (AvgIpc) is 2.66. The summed E-state index contributed by atoms with van der Waals surface area (Å²) in [6, 6.07) is 15.7. The predicted octanol–water partition coefficient (Wildman–Crippen LogP) is 3.75. The van der Waals surface area contributed by atoms with Gasteiger partial charge in [-0.2, -0.15) is 5.10 Å². The van der Waals surface area contributed by atoms with E-state index in [1.807, 2.05) is 41.4 Å². The van der Waals surface area contributed by atoms with Gasteiger partial charge in [-0.1, -0.05) is 54.6 Å². The molecule has 1 aliphatic heterocycles. The lowest BCUT2D eigenvalue weighted by Crippen LogP contribution is -2.29. The summed E-state index contributed by atoms with van der Waals surface area (Å²) in [5.74, 6) is -0.431. The van der Waals surface area contributed by atoms with Crippen molar-refractivity contribution in [3.8, 4) is 0 Å². The van der Waals surface area contributed by atoms with Crippen LogP contribution in [0.4, 0.5) is 5.69 Å². The number of benzene rings is 2. The van der Waals surface area contributed by atoms with Crippen LogP contribution in [0.2, 0.25) is 0 Å². The van der Waals surface area contributed by atoms with Crippen LogP contribution in [0.25, 0.3) is 0 Å². The summed E-state index contributed by atoms with van der Waals surface area (Å²) < 4.78 is 4.96. The largest absolute Gasteiger partial charge is 0.464 e. The van der Waals surface area contributed by atoms with E-state index in [1.165, 1.54) is 18.2 Å². The molecule has 2 aromatic rings. The van der Waals surface area contributed by atoms with Gasteiger partial charge in [-0.25, -0.2) is 4.79 Å². The molecule has 0 N–H and O–H groups in total. The minimum Gasteiger partial charge on any atom is -0.464 e. The van der Waals surface area contributed by atoms with Crippen LogP contribution in [0, 0.1) is 0 Å². The molecule has 0 spiro atoms. The van der Waals surface area contributed by atoms with Crippen LogP contribution in [0.1, 0.15) is 23.1 Å². The number of anilines is 1. The third-order valence-corrected chi connectivity index (χ3v) is 4.29. The van der Waals surface area contributed by atoms with Gasteiger partial charge in [-0.05, 0) is 30.4 Å². The number of carbonyl (C=O) groups excluding carboxylic acids is 1. The molecule has 0 unspecified atom stereocenters. The van der Waals surface area contributed by atoms with Crippen LogP contribution >= 0.6 is 0 Å². The molecule has 0 radical (unpaired) electrons. The van der Waals surface area contributed by atoms with Crippen LogP contribution in [0.15, 0.2) is 66.3 Å². The zero-order chi connectivity index (χ0) is 17.6. The van der Waals surface area contributed by atoms with E-state index in [1.54, 1.807) is 0 Å². The molecule has 0 bridgehead atoms. The van der Waals surface area contributed by atoms with Crippen molar-refractivity contribution in [2.75, 3.05) is 18.7 Å². The monoisotopic (exact) mass is 334 g/mol. The number of ether oxygens (including phenoxy) is 1. The Balaban J connectivity index is 2.08. The first-order valence-electron chi connectivity index (χ1n) is 8.46. The number of para-hydroxylation sites is 1. The highest BCUT2D eigenvalue weighted by atomic mass is 16.5. The second-order valence-corrected chi connectivity index (χ2v) is 5.95. The molecular weight excluding hydrogens is 312 g/mol. The van der Waals surface area contributed by atoms with Crippen molar-refractivity contribution in [1.29, 1.82) is 0 Å². The zero-order valence-electron chi connectivity index (χ0n) is 14.4.